The van der Waals surface area contributed by atoms with Crippen molar-refractivity contribution in [2.75, 3.05) is 13.6 Å². The van der Waals surface area contributed by atoms with Gasteiger partial charge in [0.15, 0.2) is 0 Å². The predicted octanol–water partition coefficient (Wildman–Crippen LogP) is 2.62. The minimum Gasteiger partial charge on any atom is -0.459 e. The highest BCUT2D eigenvalue weighted by Crippen LogP contribution is 2.11. The summed E-state index contributed by atoms with van der Waals surface area (Å²) in [7, 11) is 1.87. The highest BCUT2D eigenvalue weighted by Gasteiger charge is 2.17. The minimum atomic E-state index is -0.439. The minimum absolute atomic E-state index is 0.222. The number of hydrogen-bond donors (Lipinski definition) is 0. The average molecular weight is 315 g/mol. The van der Waals surface area contributed by atoms with Crippen LogP contribution in [0.3, 0.4) is 0 Å². The molecule has 0 aliphatic carbocycles. The van der Waals surface area contributed by atoms with Crippen LogP contribution in [-0.4, -0.2) is 35.0 Å². The number of pyridine rings is 1. The highest BCUT2D eigenvalue weighted by molar-refractivity contribution is 9.10. The molecule has 4 nitrogen and oxygen atoms in total. The molecule has 0 aromatic carbocycles. The second kappa shape index (κ2) is 6.29. The number of carbonyl (C=O) groups is 1. The van der Waals surface area contributed by atoms with Crippen molar-refractivity contribution in [2.24, 2.45) is 0 Å². The number of ether oxygens (including phenoxy) is 1. The van der Waals surface area contributed by atoms with Crippen LogP contribution in [0.25, 0.3) is 0 Å². The largest absolute Gasteiger partial charge is 0.459 e. The molecule has 1 aromatic rings. The molecular formula is C13H19BrN2O2. The van der Waals surface area contributed by atoms with E-state index in [1.165, 1.54) is 0 Å². The van der Waals surface area contributed by atoms with Crippen LogP contribution in [0.5, 0.6) is 0 Å². The molecule has 18 heavy (non-hydrogen) atoms. The third-order valence-electron chi connectivity index (χ3n) is 2.03. The summed E-state index contributed by atoms with van der Waals surface area (Å²) in [4.78, 5) is 17.7. The maximum atomic E-state index is 11.6. The van der Waals surface area contributed by atoms with E-state index in [2.05, 4.69) is 20.9 Å². The van der Waals surface area contributed by atoms with Gasteiger partial charge in [-0.05, 0) is 40.0 Å². The number of nitrogens with zero attached hydrogens (tertiary/aromatic N) is 2. The fourth-order valence-electron chi connectivity index (χ4n) is 1.46. The topological polar surface area (TPSA) is 42.4 Å². The third kappa shape index (κ3) is 6.12. The van der Waals surface area contributed by atoms with E-state index in [0.717, 1.165) is 10.2 Å². The number of halogens is 1. The normalized spacial score (nSPS) is 11.7. The first-order valence-corrected chi connectivity index (χ1v) is 6.56. The molecule has 1 aromatic heterocycles. The molecule has 0 saturated carbocycles. The van der Waals surface area contributed by atoms with E-state index in [1.807, 2.05) is 44.9 Å². The molecule has 0 atom stereocenters. The Morgan fingerprint density at radius 2 is 2.17 bits per heavy atom. The van der Waals surface area contributed by atoms with Gasteiger partial charge in [0.25, 0.3) is 0 Å². The number of hydrogen-bond acceptors (Lipinski definition) is 4. The van der Waals surface area contributed by atoms with Gasteiger partial charge in [0.05, 0.1) is 12.2 Å². The lowest BCUT2D eigenvalue weighted by Crippen LogP contribution is -2.32. The Balaban J connectivity index is 2.47. The van der Waals surface area contributed by atoms with Crippen molar-refractivity contribution in [2.45, 2.75) is 32.9 Å². The van der Waals surface area contributed by atoms with Crippen LogP contribution in [0.1, 0.15) is 26.5 Å². The smallest absolute Gasteiger partial charge is 0.320 e. The van der Waals surface area contributed by atoms with Crippen LogP contribution >= 0.6 is 15.9 Å². The van der Waals surface area contributed by atoms with Crippen LogP contribution in [0.4, 0.5) is 0 Å². The summed E-state index contributed by atoms with van der Waals surface area (Å²) in [5, 5.41) is 0. The lowest BCUT2D eigenvalue weighted by Gasteiger charge is -2.22. The van der Waals surface area contributed by atoms with E-state index in [-0.39, 0.29) is 12.5 Å². The van der Waals surface area contributed by atoms with Gasteiger partial charge in [-0.15, -0.1) is 0 Å². The van der Waals surface area contributed by atoms with Crippen LogP contribution in [-0.2, 0) is 16.1 Å². The first-order chi connectivity index (χ1) is 8.26. The van der Waals surface area contributed by atoms with E-state index in [4.69, 9.17) is 4.74 Å². The summed E-state index contributed by atoms with van der Waals surface area (Å²) in [6.07, 6.45) is 1.74. The van der Waals surface area contributed by atoms with Gasteiger partial charge in [0, 0.05) is 17.2 Å². The van der Waals surface area contributed by atoms with Gasteiger partial charge in [0.2, 0.25) is 0 Å². The predicted molar refractivity (Wildman–Crippen MR) is 74.1 cm³/mol. The first kappa shape index (κ1) is 15.1. The van der Waals surface area contributed by atoms with Gasteiger partial charge in [-0.2, -0.15) is 0 Å². The molecule has 0 spiro atoms. The Hall–Kier alpha value is -0.940. The number of esters is 1. The Bertz CT molecular complexity index is 416. The fraction of sp³-hybridized carbons (Fsp3) is 0.538. The number of likely N-dealkylation sites (N-methyl/N-ethyl adjacent to an activating group) is 1. The van der Waals surface area contributed by atoms with E-state index >= 15 is 0 Å². The van der Waals surface area contributed by atoms with Gasteiger partial charge in [0.1, 0.15) is 5.60 Å². The molecule has 0 N–H and O–H groups in total. The summed E-state index contributed by atoms with van der Waals surface area (Å²) in [5.41, 5.74) is 0.474. The van der Waals surface area contributed by atoms with Crippen molar-refractivity contribution in [3.05, 3.63) is 28.5 Å². The SMILES string of the molecule is CN(CC(=O)OC(C)(C)C)Cc1cc(Br)ccn1. The maximum Gasteiger partial charge on any atom is 0.320 e. The van der Waals surface area contributed by atoms with Gasteiger partial charge < -0.3 is 4.74 Å². The van der Waals surface area contributed by atoms with E-state index in [1.54, 1.807) is 6.20 Å². The van der Waals surface area contributed by atoms with Crippen LogP contribution in [0.2, 0.25) is 0 Å². The summed E-state index contributed by atoms with van der Waals surface area (Å²) < 4.78 is 6.24. The van der Waals surface area contributed by atoms with Crippen molar-refractivity contribution in [3.63, 3.8) is 0 Å². The number of aromatic nitrogens is 1. The average Bonchev–Trinajstić information content (AvgIpc) is 2.13. The zero-order chi connectivity index (χ0) is 13.8. The molecule has 1 heterocycles. The summed E-state index contributed by atoms with van der Waals surface area (Å²) in [6, 6.07) is 3.81. The molecule has 0 fully saturated rings. The Labute approximate surface area is 116 Å². The maximum absolute atomic E-state index is 11.6. The van der Waals surface area contributed by atoms with Crippen LogP contribution in [0.15, 0.2) is 22.8 Å². The van der Waals surface area contributed by atoms with Crippen LogP contribution in [0, 0.1) is 0 Å². The van der Waals surface area contributed by atoms with Crippen molar-refractivity contribution in [1.82, 2.24) is 9.88 Å². The lowest BCUT2D eigenvalue weighted by atomic mass is 10.2. The van der Waals surface area contributed by atoms with E-state index in [9.17, 15) is 4.79 Å². The van der Waals surface area contributed by atoms with Gasteiger partial charge in [-0.3, -0.25) is 14.7 Å². The van der Waals surface area contributed by atoms with Gasteiger partial charge in [-0.1, -0.05) is 15.9 Å². The molecule has 0 bridgehead atoms. The molecular weight excluding hydrogens is 296 g/mol. The van der Waals surface area contributed by atoms with Gasteiger partial charge in [-0.25, -0.2) is 0 Å². The van der Waals surface area contributed by atoms with Crippen LogP contribution < -0.4 is 0 Å². The molecule has 0 amide bonds. The second-order valence-corrected chi connectivity index (χ2v) is 6.14. The number of carbonyl (C=O) groups excluding carboxylic acids is 1. The third-order valence-corrected chi connectivity index (χ3v) is 2.52. The van der Waals surface area contributed by atoms with E-state index < -0.39 is 5.60 Å². The first-order valence-electron chi connectivity index (χ1n) is 5.77. The number of rotatable bonds is 4. The summed E-state index contributed by atoms with van der Waals surface area (Å²) in [6.45, 7) is 6.45. The molecule has 100 valence electrons. The molecule has 0 saturated heterocycles. The molecule has 1 rings (SSSR count). The Kier molecular flexibility index (Phi) is 5.28. The van der Waals surface area contributed by atoms with Crippen molar-refractivity contribution in [1.29, 1.82) is 0 Å². The molecule has 0 aliphatic rings. The lowest BCUT2D eigenvalue weighted by molar-refractivity contribution is -0.155. The molecule has 0 aliphatic heterocycles. The Morgan fingerprint density at radius 3 is 2.72 bits per heavy atom. The quantitative estimate of drug-likeness (QED) is 0.801. The summed E-state index contributed by atoms with van der Waals surface area (Å²) in [5.74, 6) is -0.222. The molecule has 0 unspecified atom stereocenters. The zero-order valence-electron chi connectivity index (χ0n) is 11.2. The second-order valence-electron chi connectivity index (χ2n) is 5.22. The van der Waals surface area contributed by atoms with Crippen molar-refractivity contribution < 1.29 is 9.53 Å². The summed E-state index contributed by atoms with van der Waals surface area (Å²) >= 11 is 3.39. The highest BCUT2D eigenvalue weighted by atomic mass is 79.9. The van der Waals surface area contributed by atoms with Crippen molar-refractivity contribution >= 4 is 21.9 Å². The Morgan fingerprint density at radius 1 is 1.50 bits per heavy atom. The van der Waals surface area contributed by atoms with Crippen molar-refractivity contribution in [3.8, 4) is 0 Å². The molecule has 5 heteroatoms. The standard InChI is InChI=1S/C13H19BrN2O2/c1-13(2,3)18-12(17)9-16(4)8-11-7-10(14)5-6-15-11/h5-7H,8-9H2,1-4H3. The zero-order valence-corrected chi connectivity index (χ0v) is 12.8. The fourth-order valence-corrected chi connectivity index (χ4v) is 1.84. The monoisotopic (exact) mass is 314 g/mol. The van der Waals surface area contributed by atoms with Gasteiger partial charge >= 0.3 is 5.97 Å². The molecule has 0 radical (unpaired) electrons. The van der Waals surface area contributed by atoms with E-state index in [0.29, 0.717) is 6.54 Å².